The lowest BCUT2D eigenvalue weighted by Crippen LogP contribution is -2.36. The van der Waals surface area contributed by atoms with E-state index in [1.165, 1.54) is 20.3 Å². The summed E-state index contributed by atoms with van der Waals surface area (Å²) in [6, 6.07) is 3.27. The molecule has 5 atom stereocenters. The van der Waals surface area contributed by atoms with Crippen LogP contribution in [0.1, 0.15) is 50.0 Å². The molecule has 0 aliphatic carbocycles. The van der Waals surface area contributed by atoms with Crippen molar-refractivity contribution in [1.29, 1.82) is 0 Å². The highest BCUT2D eigenvalue weighted by Gasteiger charge is 2.45. The highest BCUT2D eigenvalue weighted by atomic mass is 19.1. The standard InChI is InChI=1S/C25H33FO8/c1-14-10-18(26)22(27)23-19(33-25(3,4)34-23)9-7-8-16-11-17(30-6)12-20(31-13-29-5)21(16)24(28)32-15(14)2/h7-8,10-12,14-15,19,22-23,27H,9,13H2,1-6H3/b8-7?,18-10+/t14-,15+,19?,22?,23?/m1/s1. The van der Waals surface area contributed by atoms with Gasteiger partial charge in [-0.1, -0.05) is 19.1 Å². The van der Waals surface area contributed by atoms with E-state index < -0.39 is 47.9 Å². The first-order chi connectivity index (χ1) is 16.1. The van der Waals surface area contributed by atoms with Crippen molar-refractivity contribution in [2.75, 3.05) is 21.0 Å². The van der Waals surface area contributed by atoms with E-state index in [-0.39, 0.29) is 18.1 Å². The second-order valence-electron chi connectivity index (χ2n) is 8.88. The zero-order chi connectivity index (χ0) is 25.0. The van der Waals surface area contributed by atoms with E-state index in [0.717, 1.165) is 0 Å². The summed E-state index contributed by atoms with van der Waals surface area (Å²) in [5.74, 6) is -2.21. The normalized spacial score (nSPS) is 30.9. The molecule has 2 aliphatic rings. The monoisotopic (exact) mass is 480 g/mol. The third-order valence-electron chi connectivity index (χ3n) is 5.81. The quantitative estimate of drug-likeness (QED) is 0.511. The van der Waals surface area contributed by atoms with Crippen molar-refractivity contribution in [2.45, 2.75) is 64.3 Å². The number of esters is 1. The van der Waals surface area contributed by atoms with Crippen LogP contribution in [0.15, 0.2) is 30.1 Å². The number of rotatable bonds is 4. The van der Waals surface area contributed by atoms with Crippen molar-refractivity contribution in [3.8, 4) is 11.5 Å². The molecule has 3 unspecified atom stereocenters. The molecule has 0 saturated carbocycles. The lowest BCUT2D eigenvalue weighted by molar-refractivity contribution is -0.153. The topological polar surface area (TPSA) is 92.7 Å². The van der Waals surface area contributed by atoms with E-state index >= 15 is 0 Å². The number of hydrogen-bond donors (Lipinski definition) is 1. The number of fused-ring (bicyclic) bond motifs is 2. The van der Waals surface area contributed by atoms with Crippen LogP contribution in [0, 0.1) is 5.92 Å². The minimum Gasteiger partial charge on any atom is -0.497 e. The second-order valence-corrected chi connectivity index (χ2v) is 8.88. The van der Waals surface area contributed by atoms with Crippen LogP contribution in [-0.4, -0.2) is 62.3 Å². The lowest BCUT2D eigenvalue weighted by Gasteiger charge is -2.24. The third kappa shape index (κ3) is 5.96. The lowest BCUT2D eigenvalue weighted by atomic mass is 9.98. The molecule has 0 spiro atoms. The van der Waals surface area contributed by atoms with Crippen LogP contribution in [0.3, 0.4) is 0 Å². The van der Waals surface area contributed by atoms with Gasteiger partial charge in [0.15, 0.2) is 12.6 Å². The van der Waals surface area contributed by atoms with Crippen LogP contribution in [0.4, 0.5) is 4.39 Å². The Morgan fingerprint density at radius 3 is 2.62 bits per heavy atom. The molecule has 1 aromatic rings. The molecule has 0 aromatic heterocycles. The van der Waals surface area contributed by atoms with Gasteiger partial charge >= 0.3 is 5.97 Å². The molecule has 34 heavy (non-hydrogen) atoms. The molecular formula is C25H33FO8. The first-order valence-electron chi connectivity index (χ1n) is 11.2. The molecule has 188 valence electrons. The predicted molar refractivity (Wildman–Crippen MR) is 122 cm³/mol. The summed E-state index contributed by atoms with van der Waals surface area (Å²) in [6.45, 7) is 6.69. The van der Waals surface area contributed by atoms with Gasteiger partial charge in [0.1, 0.15) is 41.2 Å². The molecule has 2 heterocycles. The molecule has 0 bridgehead atoms. The van der Waals surface area contributed by atoms with Crippen LogP contribution in [0.5, 0.6) is 11.5 Å². The summed E-state index contributed by atoms with van der Waals surface area (Å²) >= 11 is 0. The van der Waals surface area contributed by atoms with Gasteiger partial charge in [-0.3, -0.25) is 0 Å². The summed E-state index contributed by atoms with van der Waals surface area (Å²) in [5, 5.41) is 10.7. The van der Waals surface area contributed by atoms with Crippen LogP contribution in [-0.2, 0) is 18.9 Å². The SMILES string of the molecule is COCOc1cc(OC)cc2c1C(=O)O[C@@H](C)[C@H](C)/C=C(/F)C(O)C1OC(C)(C)OC1CC=C2. The molecule has 3 rings (SSSR count). The maximum absolute atomic E-state index is 15.0. The third-order valence-corrected chi connectivity index (χ3v) is 5.81. The fourth-order valence-electron chi connectivity index (χ4n) is 3.93. The van der Waals surface area contributed by atoms with Crippen molar-refractivity contribution in [3.05, 3.63) is 41.2 Å². The molecule has 8 nitrogen and oxygen atoms in total. The van der Waals surface area contributed by atoms with Gasteiger partial charge in [0.2, 0.25) is 0 Å². The summed E-state index contributed by atoms with van der Waals surface area (Å²) in [5.41, 5.74) is 0.694. The first kappa shape index (κ1) is 26.2. The average Bonchev–Trinajstić information content (AvgIpc) is 3.09. The number of cyclic esters (lactones) is 1. The van der Waals surface area contributed by atoms with E-state index in [9.17, 15) is 14.3 Å². The van der Waals surface area contributed by atoms with Crippen LogP contribution >= 0.6 is 0 Å². The van der Waals surface area contributed by atoms with Crippen LogP contribution < -0.4 is 9.47 Å². The highest BCUT2D eigenvalue weighted by molar-refractivity contribution is 5.97. The van der Waals surface area contributed by atoms with Crippen molar-refractivity contribution in [3.63, 3.8) is 0 Å². The second kappa shape index (κ2) is 10.9. The number of methoxy groups -OCH3 is 2. The molecule has 1 saturated heterocycles. The number of benzene rings is 1. The fourth-order valence-corrected chi connectivity index (χ4v) is 3.93. The molecule has 0 amide bonds. The Hall–Kier alpha value is -2.46. The first-order valence-corrected chi connectivity index (χ1v) is 11.2. The Labute approximate surface area is 199 Å². The van der Waals surface area contributed by atoms with Gasteiger partial charge in [0.05, 0.1) is 13.2 Å². The number of ether oxygens (including phenoxy) is 6. The van der Waals surface area contributed by atoms with Crippen molar-refractivity contribution >= 4 is 12.0 Å². The Morgan fingerprint density at radius 2 is 1.94 bits per heavy atom. The summed E-state index contributed by atoms with van der Waals surface area (Å²) < 4.78 is 48.4. The van der Waals surface area contributed by atoms with Crippen molar-refractivity contribution in [2.24, 2.45) is 5.92 Å². The van der Waals surface area contributed by atoms with Gasteiger partial charge in [0, 0.05) is 19.1 Å². The smallest absolute Gasteiger partial charge is 0.342 e. The molecule has 1 fully saturated rings. The van der Waals surface area contributed by atoms with Crippen molar-refractivity contribution in [1.82, 2.24) is 0 Å². The van der Waals surface area contributed by atoms with Gasteiger partial charge < -0.3 is 33.5 Å². The van der Waals surface area contributed by atoms with Crippen LogP contribution in [0.25, 0.3) is 6.08 Å². The van der Waals surface area contributed by atoms with Crippen LogP contribution in [0.2, 0.25) is 0 Å². The van der Waals surface area contributed by atoms with Gasteiger partial charge in [-0.15, -0.1) is 0 Å². The van der Waals surface area contributed by atoms with Crippen molar-refractivity contribution < 1.29 is 42.7 Å². The van der Waals surface area contributed by atoms with Gasteiger partial charge in [-0.25, -0.2) is 9.18 Å². The van der Waals surface area contributed by atoms with E-state index in [1.54, 1.807) is 52.0 Å². The molecule has 1 N–H and O–H groups in total. The number of carbonyl (C=O) groups is 1. The maximum atomic E-state index is 15.0. The van der Waals surface area contributed by atoms with Gasteiger partial charge in [-0.2, -0.15) is 0 Å². The molecule has 0 radical (unpaired) electrons. The van der Waals surface area contributed by atoms with Gasteiger partial charge in [-0.05, 0) is 44.9 Å². The predicted octanol–water partition coefficient (Wildman–Crippen LogP) is 4.01. The fraction of sp³-hybridized carbons (Fsp3) is 0.560. The molecule has 2 aliphatic heterocycles. The average molecular weight is 481 g/mol. The van der Waals surface area contributed by atoms with E-state index in [0.29, 0.717) is 17.7 Å². The number of carbonyl (C=O) groups excluding carboxylic acids is 1. The summed E-state index contributed by atoms with van der Waals surface area (Å²) in [4.78, 5) is 13.2. The Bertz CT molecular complexity index is 941. The zero-order valence-corrected chi connectivity index (χ0v) is 20.4. The van der Waals surface area contributed by atoms with E-state index in [1.807, 2.05) is 0 Å². The minimum absolute atomic E-state index is 0.0849. The molecule has 1 aromatic carbocycles. The Balaban J connectivity index is 2.09. The number of aliphatic hydroxyl groups excluding tert-OH is 1. The Morgan fingerprint density at radius 1 is 1.21 bits per heavy atom. The Kier molecular flexibility index (Phi) is 8.35. The number of hydrogen-bond acceptors (Lipinski definition) is 8. The number of aliphatic hydroxyl groups is 1. The molecular weight excluding hydrogens is 447 g/mol. The summed E-state index contributed by atoms with van der Waals surface area (Å²) in [6.07, 6.45) is 1.28. The van der Waals surface area contributed by atoms with E-state index in [2.05, 4.69) is 0 Å². The maximum Gasteiger partial charge on any atom is 0.342 e. The van der Waals surface area contributed by atoms with E-state index in [4.69, 9.17) is 28.4 Å². The molecule has 9 heteroatoms. The number of halogens is 1. The van der Waals surface area contributed by atoms with Gasteiger partial charge in [0.25, 0.3) is 0 Å². The largest absolute Gasteiger partial charge is 0.497 e. The minimum atomic E-state index is -1.52. The zero-order valence-electron chi connectivity index (χ0n) is 20.4. The summed E-state index contributed by atoms with van der Waals surface area (Å²) in [7, 11) is 2.98. The highest BCUT2D eigenvalue weighted by Crippen LogP contribution is 2.36.